The van der Waals surface area contributed by atoms with Gasteiger partial charge in [0.05, 0.1) is 10.7 Å². The SMILES string of the molecule is Cc1cncc(-c2cc(Cl)c3c(c2)CCc2nnc(C)n2-3)c1C1CC1. The standard InChI is InChI=1S/C20H19ClN4/c1-11-9-22-10-16(19(11)13-3-4-13)15-7-14-5-6-18-24-23-12(2)25(18)20(14)17(21)8-15/h7-10,13H,3-6H2,1-2H3. The first kappa shape index (κ1) is 15.1. The lowest BCUT2D eigenvalue weighted by Gasteiger charge is -2.22. The van der Waals surface area contributed by atoms with Crippen LogP contribution in [-0.2, 0) is 12.8 Å². The second-order valence-corrected chi connectivity index (χ2v) is 7.56. The molecule has 2 aromatic heterocycles. The summed E-state index contributed by atoms with van der Waals surface area (Å²) in [5.74, 6) is 2.57. The van der Waals surface area contributed by atoms with Gasteiger partial charge < -0.3 is 0 Å². The highest BCUT2D eigenvalue weighted by Gasteiger charge is 2.29. The Morgan fingerprint density at radius 3 is 2.72 bits per heavy atom. The van der Waals surface area contributed by atoms with E-state index in [1.165, 1.54) is 40.7 Å². The van der Waals surface area contributed by atoms with Crippen LogP contribution in [0.15, 0.2) is 24.5 Å². The molecule has 1 fully saturated rings. The largest absolute Gasteiger partial charge is 0.281 e. The molecular formula is C20H19ClN4. The van der Waals surface area contributed by atoms with Crippen LogP contribution in [-0.4, -0.2) is 19.7 Å². The second-order valence-electron chi connectivity index (χ2n) is 7.16. The van der Waals surface area contributed by atoms with Crippen LogP contribution in [0.4, 0.5) is 0 Å². The molecule has 4 nitrogen and oxygen atoms in total. The molecule has 0 N–H and O–H groups in total. The van der Waals surface area contributed by atoms with Crippen molar-refractivity contribution in [1.29, 1.82) is 0 Å². The van der Waals surface area contributed by atoms with E-state index in [9.17, 15) is 0 Å². The summed E-state index contributed by atoms with van der Waals surface area (Å²) in [5.41, 5.74) is 7.45. The van der Waals surface area contributed by atoms with Gasteiger partial charge in [-0.1, -0.05) is 11.6 Å². The molecule has 3 aromatic rings. The maximum atomic E-state index is 6.74. The molecule has 1 aromatic carbocycles. The molecule has 0 unspecified atom stereocenters. The average Bonchev–Trinajstić information content (AvgIpc) is 3.37. The lowest BCUT2D eigenvalue weighted by Crippen LogP contribution is -2.14. The van der Waals surface area contributed by atoms with Crippen molar-refractivity contribution in [3.8, 4) is 16.8 Å². The van der Waals surface area contributed by atoms with Gasteiger partial charge in [0.2, 0.25) is 0 Å². The summed E-state index contributed by atoms with van der Waals surface area (Å²) in [6, 6.07) is 4.36. The van der Waals surface area contributed by atoms with Crippen molar-refractivity contribution >= 4 is 11.6 Å². The number of nitrogens with zero attached hydrogens (tertiary/aromatic N) is 4. The zero-order chi connectivity index (χ0) is 17.1. The van der Waals surface area contributed by atoms with E-state index < -0.39 is 0 Å². The summed E-state index contributed by atoms with van der Waals surface area (Å²) in [5, 5.41) is 9.26. The molecule has 5 heteroatoms. The van der Waals surface area contributed by atoms with Crippen LogP contribution in [0.3, 0.4) is 0 Å². The van der Waals surface area contributed by atoms with E-state index >= 15 is 0 Å². The van der Waals surface area contributed by atoms with E-state index in [0.29, 0.717) is 5.92 Å². The predicted octanol–water partition coefficient (Wildman–Crippen LogP) is 4.58. The number of aryl methyl sites for hydroxylation is 4. The Morgan fingerprint density at radius 1 is 1.08 bits per heavy atom. The number of pyridine rings is 1. The second kappa shape index (κ2) is 5.40. The summed E-state index contributed by atoms with van der Waals surface area (Å²) in [6.45, 7) is 4.14. The van der Waals surface area contributed by atoms with Gasteiger partial charge in [-0.3, -0.25) is 9.55 Å². The maximum absolute atomic E-state index is 6.74. The molecule has 1 saturated carbocycles. The minimum absolute atomic E-state index is 0.680. The summed E-state index contributed by atoms with van der Waals surface area (Å²) >= 11 is 6.74. The molecule has 1 aliphatic carbocycles. The fourth-order valence-electron chi connectivity index (χ4n) is 4.08. The fourth-order valence-corrected chi connectivity index (χ4v) is 4.40. The van der Waals surface area contributed by atoms with Crippen LogP contribution in [0, 0.1) is 13.8 Å². The van der Waals surface area contributed by atoms with E-state index in [4.69, 9.17) is 11.6 Å². The monoisotopic (exact) mass is 350 g/mol. The molecule has 0 saturated heterocycles. The molecule has 0 amide bonds. The number of hydrogen-bond acceptors (Lipinski definition) is 3. The number of aromatic nitrogens is 4. The molecule has 3 heterocycles. The van der Waals surface area contributed by atoms with Crippen LogP contribution in [0.25, 0.3) is 16.8 Å². The topological polar surface area (TPSA) is 43.6 Å². The van der Waals surface area contributed by atoms with E-state index in [0.717, 1.165) is 35.2 Å². The maximum Gasteiger partial charge on any atom is 0.137 e. The number of rotatable bonds is 2. The zero-order valence-corrected chi connectivity index (χ0v) is 15.1. The third kappa shape index (κ3) is 2.31. The van der Waals surface area contributed by atoms with Gasteiger partial charge in [-0.2, -0.15) is 0 Å². The van der Waals surface area contributed by atoms with Crippen molar-refractivity contribution in [3.63, 3.8) is 0 Å². The van der Waals surface area contributed by atoms with Crippen molar-refractivity contribution in [1.82, 2.24) is 19.7 Å². The van der Waals surface area contributed by atoms with Crippen LogP contribution in [0.1, 0.15) is 47.1 Å². The Kier molecular flexibility index (Phi) is 3.26. The number of hydrogen-bond donors (Lipinski definition) is 0. The lowest BCUT2D eigenvalue weighted by atomic mass is 9.92. The van der Waals surface area contributed by atoms with Crippen molar-refractivity contribution in [3.05, 3.63) is 57.9 Å². The summed E-state index contributed by atoms with van der Waals surface area (Å²) in [4.78, 5) is 4.45. The van der Waals surface area contributed by atoms with Gasteiger partial charge in [-0.15, -0.1) is 10.2 Å². The first-order valence-electron chi connectivity index (χ1n) is 8.82. The molecule has 1 aliphatic heterocycles. The summed E-state index contributed by atoms with van der Waals surface area (Å²) in [6.07, 6.45) is 8.37. The van der Waals surface area contributed by atoms with Gasteiger partial charge in [0.1, 0.15) is 11.6 Å². The molecule has 0 bridgehead atoms. The summed E-state index contributed by atoms with van der Waals surface area (Å²) < 4.78 is 2.10. The van der Waals surface area contributed by atoms with Gasteiger partial charge in [0, 0.05) is 24.4 Å². The Bertz CT molecular complexity index is 1000. The van der Waals surface area contributed by atoms with Gasteiger partial charge in [-0.25, -0.2) is 0 Å². The molecule has 5 rings (SSSR count). The molecular weight excluding hydrogens is 332 g/mol. The fraction of sp³-hybridized carbons (Fsp3) is 0.350. The lowest BCUT2D eigenvalue weighted by molar-refractivity contribution is 0.767. The summed E-state index contributed by atoms with van der Waals surface area (Å²) in [7, 11) is 0. The minimum atomic E-state index is 0.680. The van der Waals surface area contributed by atoms with Crippen molar-refractivity contribution in [2.75, 3.05) is 0 Å². The van der Waals surface area contributed by atoms with Crippen molar-refractivity contribution in [2.24, 2.45) is 0 Å². The number of halogens is 1. The van der Waals surface area contributed by atoms with Gasteiger partial charge in [0.15, 0.2) is 0 Å². The first-order valence-corrected chi connectivity index (χ1v) is 9.20. The molecule has 0 spiro atoms. The number of benzene rings is 1. The van der Waals surface area contributed by atoms with E-state index in [2.05, 4.69) is 38.8 Å². The van der Waals surface area contributed by atoms with Gasteiger partial charge in [0.25, 0.3) is 0 Å². The molecule has 0 radical (unpaired) electrons. The highest BCUT2D eigenvalue weighted by Crippen LogP contribution is 2.46. The normalized spacial score (nSPS) is 15.8. The van der Waals surface area contributed by atoms with Crippen LogP contribution >= 0.6 is 11.6 Å². The van der Waals surface area contributed by atoms with Gasteiger partial charge >= 0.3 is 0 Å². The molecule has 25 heavy (non-hydrogen) atoms. The van der Waals surface area contributed by atoms with Crippen molar-refractivity contribution < 1.29 is 0 Å². The minimum Gasteiger partial charge on any atom is -0.281 e. The van der Waals surface area contributed by atoms with Crippen LogP contribution in [0.5, 0.6) is 0 Å². The highest BCUT2D eigenvalue weighted by atomic mass is 35.5. The zero-order valence-electron chi connectivity index (χ0n) is 14.4. The van der Waals surface area contributed by atoms with E-state index in [1.54, 1.807) is 0 Å². The molecule has 0 atom stereocenters. The van der Waals surface area contributed by atoms with E-state index in [1.807, 2.05) is 19.3 Å². The average molecular weight is 351 g/mol. The van der Waals surface area contributed by atoms with Crippen molar-refractivity contribution in [2.45, 2.75) is 45.4 Å². The number of fused-ring (bicyclic) bond motifs is 3. The van der Waals surface area contributed by atoms with Gasteiger partial charge in [-0.05, 0) is 73.4 Å². The molecule has 126 valence electrons. The predicted molar refractivity (Wildman–Crippen MR) is 98.5 cm³/mol. The Morgan fingerprint density at radius 2 is 1.92 bits per heavy atom. The Labute approximate surface area is 151 Å². The van der Waals surface area contributed by atoms with E-state index in [-0.39, 0.29) is 0 Å². The third-order valence-electron chi connectivity index (χ3n) is 5.36. The third-order valence-corrected chi connectivity index (χ3v) is 5.65. The Balaban J connectivity index is 1.71. The highest BCUT2D eigenvalue weighted by molar-refractivity contribution is 6.33. The quantitative estimate of drug-likeness (QED) is 0.679. The van der Waals surface area contributed by atoms with Crippen LogP contribution in [0.2, 0.25) is 5.02 Å². The first-order chi connectivity index (χ1) is 12.1. The van der Waals surface area contributed by atoms with Crippen LogP contribution < -0.4 is 0 Å². The molecule has 2 aliphatic rings. The Hall–Kier alpha value is -2.20. The smallest absolute Gasteiger partial charge is 0.137 e.